The van der Waals surface area contributed by atoms with Crippen LogP contribution in [0.3, 0.4) is 0 Å². The zero-order valence-corrected chi connectivity index (χ0v) is 11.3. The molecule has 0 unspecified atom stereocenters. The number of benzene rings is 1. The second-order valence-corrected chi connectivity index (χ2v) is 4.39. The van der Waals surface area contributed by atoms with Crippen LogP contribution >= 0.6 is 0 Å². The van der Waals surface area contributed by atoms with Crippen LogP contribution in [-0.4, -0.2) is 20.7 Å². The van der Waals surface area contributed by atoms with Gasteiger partial charge in [0.25, 0.3) is 17.3 Å². The van der Waals surface area contributed by atoms with Crippen LogP contribution in [0, 0.1) is 27.2 Å². The fraction of sp³-hybridized carbons (Fsp3) is 0.0769. The number of hydrogen-bond donors (Lipinski definition) is 1. The highest BCUT2D eigenvalue weighted by atomic mass is 16.6. The predicted octanol–water partition coefficient (Wildman–Crippen LogP) is 2.46. The van der Waals surface area contributed by atoms with Crippen molar-refractivity contribution in [1.29, 1.82) is 0 Å². The summed E-state index contributed by atoms with van der Waals surface area (Å²) in [4.78, 5) is 36.1. The Hall–Kier alpha value is -3.36. The number of pyridine rings is 1. The number of amides is 1. The highest BCUT2D eigenvalue weighted by molar-refractivity contribution is 6.06. The Kier molecular flexibility index (Phi) is 4.07. The maximum atomic E-state index is 12.1. The Morgan fingerprint density at radius 3 is 2.41 bits per heavy atom. The second-order valence-electron chi connectivity index (χ2n) is 4.39. The molecular weight excluding hydrogens is 292 g/mol. The minimum absolute atomic E-state index is 0.225. The smallest absolute Gasteiger partial charge is 0.289 e. The van der Waals surface area contributed by atoms with E-state index in [-0.39, 0.29) is 11.4 Å². The number of aromatic nitrogens is 1. The van der Waals surface area contributed by atoms with Crippen molar-refractivity contribution in [2.45, 2.75) is 6.92 Å². The number of nitro benzene ring substituents is 2. The molecule has 0 spiro atoms. The molecule has 0 bridgehead atoms. The highest BCUT2D eigenvalue weighted by Gasteiger charge is 2.24. The molecule has 0 saturated carbocycles. The van der Waals surface area contributed by atoms with Crippen LogP contribution in [0.5, 0.6) is 0 Å². The first-order valence-corrected chi connectivity index (χ1v) is 6.05. The minimum Gasteiger partial charge on any atom is -0.306 e. The molecule has 1 N–H and O–H groups in total. The van der Waals surface area contributed by atoms with Crippen LogP contribution in [-0.2, 0) is 0 Å². The largest absolute Gasteiger partial charge is 0.306 e. The number of hydrogen-bond acceptors (Lipinski definition) is 6. The molecule has 0 aliphatic heterocycles. The summed E-state index contributed by atoms with van der Waals surface area (Å²) in [5.41, 5.74) is -0.493. The van der Waals surface area contributed by atoms with Crippen LogP contribution < -0.4 is 5.32 Å². The fourth-order valence-corrected chi connectivity index (χ4v) is 1.70. The van der Waals surface area contributed by atoms with Gasteiger partial charge in [-0.05, 0) is 24.6 Å². The number of nitrogens with zero attached hydrogens (tertiary/aromatic N) is 3. The molecule has 22 heavy (non-hydrogen) atoms. The number of carbonyl (C=O) groups excluding carboxylic acids is 1. The molecule has 0 aliphatic rings. The third-order valence-corrected chi connectivity index (χ3v) is 2.79. The predicted molar refractivity (Wildman–Crippen MR) is 76.7 cm³/mol. The molecule has 0 atom stereocenters. The molecule has 2 rings (SSSR count). The van der Waals surface area contributed by atoms with Gasteiger partial charge in [0.2, 0.25) is 0 Å². The Labute approximate surface area is 123 Å². The van der Waals surface area contributed by atoms with Crippen LogP contribution in [0.1, 0.15) is 15.9 Å². The number of nitrogens with one attached hydrogen (secondary N) is 1. The first-order chi connectivity index (χ1) is 10.4. The summed E-state index contributed by atoms with van der Waals surface area (Å²) in [7, 11) is 0. The molecule has 2 aromatic rings. The van der Waals surface area contributed by atoms with E-state index in [4.69, 9.17) is 0 Å². The van der Waals surface area contributed by atoms with Crippen molar-refractivity contribution >= 4 is 23.1 Å². The van der Waals surface area contributed by atoms with Gasteiger partial charge < -0.3 is 5.32 Å². The molecule has 0 radical (unpaired) electrons. The van der Waals surface area contributed by atoms with E-state index in [0.717, 1.165) is 23.8 Å². The SMILES string of the molecule is Cc1ccc(NC(=O)c2ccc([N+](=O)[O-])cc2[N+](=O)[O-])nc1. The van der Waals surface area contributed by atoms with Crippen molar-refractivity contribution in [3.05, 3.63) is 67.9 Å². The van der Waals surface area contributed by atoms with Crippen LogP contribution in [0.4, 0.5) is 17.2 Å². The first kappa shape index (κ1) is 15.0. The number of rotatable bonds is 4. The normalized spacial score (nSPS) is 10.0. The molecule has 112 valence electrons. The van der Waals surface area contributed by atoms with Crippen molar-refractivity contribution in [3.8, 4) is 0 Å². The summed E-state index contributed by atoms with van der Waals surface area (Å²) < 4.78 is 0. The van der Waals surface area contributed by atoms with Crippen molar-refractivity contribution in [2.75, 3.05) is 5.32 Å². The number of aryl methyl sites for hydroxylation is 1. The molecule has 0 fully saturated rings. The van der Waals surface area contributed by atoms with Crippen molar-refractivity contribution in [3.63, 3.8) is 0 Å². The van der Waals surface area contributed by atoms with E-state index in [2.05, 4.69) is 10.3 Å². The van der Waals surface area contributed by atoms with E-state index in [0.29, 0.717) is 0 Å². The Balaban J connectivity index is 2.34. The van der Waals surface area contributed by atoms with E-state index in [1.165, 1.54) is 6.20 Å². The molecule has 9 nitrogen and oxygen atoms in total. The van der Waals surface area contributed by atoms with E-state index in [9.17, 15) is 25.0 Å². The lowest BCUT2D eigenvalue weighted by atomic mass is 10.1. The van der Waals surface area contributed by atoms with E-state index in [1.54, 1.807) is 12.1 Å². The summed E-state index contributed by atoms with van der Waals surface area (Å²) in [5, 5.41) is 24.0. The lowest BCUT2D eigenvalue weighted by Crippen LogP contribution is -2.15. The molecule has 9 heteroatoms. The maximum Gasteiger partial charge on any atom is 0.289 e. The third kappa shape index (κ3) is 3.20. The zero-order valence-electron chi connectivity index (χ0n) is 11.3. The maximum absolute atomic E-state index is 12.1. The topological polar surface area (TPSA) is 128 Å². The van der Waals surface area contributed by atoms with Gasteiger partial charge in [-0.15, -0.1) is 0 Å². The first-order valence-electron chi connectivity index (χ1n) is 6.05. The van der Waals surface area contributed by atoms with E-state index in [1.807, 2.05) is 6.92 Å². The monoisotopic (exact) mass is 302 g/mol. The lowest BCUT2D eigenvalue weighted by molar-refractivity contribution is -0.394. The van der Waals surface area contributed by atoms with Gasteiger partial charge >= 0.3 is 0 Å². The van der Waals surface area contributed by atoms with Gasteiger partial charge in [0, 0.05) is 12.3 Å². The van der Waals surface area contributed by atoms with Crippen molar-refractivity contribution in [2.24, 2.45) is 0 Å². The van der Waals surface area contributed by atoms with Gasteiger partial charge in [-0.25, -0.2) is 4.98 Å². The minimum atomic E-state index is -0.843. The number of nitro groups is 2. The molecule has 1 aromatic heterocycles. The van der Waals surface area contributed by atoms with Gasteiger partial charge in [-0.3, -0.25) is 25.0 Å². The standard InChI is InChI=1S/C13H10N4O5/c1-8-2-5-12(14-7-8)15-13(18)10-4-3-9(16(19)20)6-11(10)17(21)22/h2-7H,1H3,(H,14,15,18). The number of carbonyl (C=O) groups is 1. The molecule has 0 saturated heterocycles. The number of anilines is 1. The summed E-state index contributed by atoms with van der Waals surface area (Å²) in [6.45, 7) is 1.82. The summed E-state index contributed by atoms with van der Waals surface area (Å²) in [6, 6.07) is 6.08. The average Bonchev–Trinajstić information content (AvgIpc) is 2.48. The summed E-state index contributed by atoms with van der Waals surface area (Å²) >= 11 is 0. The zero-order chi connectivity index (χ0) is 16.3. The molecular formula is C13H10N4O5. The average molecular weight is 302 g/mol. The van der Waals surface area contributed by atoms with Crippen LogP contribution in [0.2, 0.25) is 0 Å². The van der Waals surface area contributed by atoms with Crippen molar-refractivity contribution < 1.29 is 14.6 Å². The van der Waals surface area contributed by atoms with E-state index < -0.39 is 27.1 Å². The molecule has 1 aromatic carbocycles. The third-order valence-electron chi connectivity index (χ3n) is 2.79. The van der Waals surface area contributed by atoms with Crippen LogP contribution in [0.15, 0.2) is 36.5 Å². The van der Waals surface area contributed by atoms with Gasteiger partial charge in [0.15, 0.2) is 0 Å². The van der Waals surface area contributed by atoms with Gasteiger partial charge in [-0.1, -0.05) is 6.07 Å². The highest BCUT2D eigenvalue weighted by Crippen LogP contribution is 2.25. The van der Waals surface area contributed by atoms with Crippen LogP contribution in [0.25, 0.3) is 0 Å². The van der Waals surface area contributed by atoms with Gasteiger partial charge in [-0.2, -0.15) is 0 Å². The number of non-ortho nitro benzene ring substituents is 1. The van der Waals surface area contributed by atoms with Crippen molar-refractivity contribution in [1.82, 2.24) is 4.98 Å². The van der Waals surface area contributed by atoms with Gasteiger partial charge in [0.1, 0.15) is 11.4 Å². The molecule has 1 heterocycles. The van der Waals surface area contributed by atoms with E-state index >= 15 is 0 Å². The lowest BCUT2D eigenvalue weighted by Gasteiger charge is -2.05. The Morgan fingerprint density at radius 2 is 1.86 bits per heavy atom. The Morgan fingerprint density at radius 1 is 1.14 bits per heavy atom. The second kappa shape index (κ2) is 5.95. The fourth-order valence-electron chi connectivity index (χ4n) is 1.70. The molecule has 1 amide bonds. The van der Waals surface area contributed by atoms with Gasteiger partial charge in [0.05, 0.1) is 15.9 Å². The quantitative estimate of drug-likeness (QED) is 0.682. The molecule has 0 aliphatic carbocycles. The summed E-state index contributed by atoms with van der Waals surface area (Å²) in [6.07, 6.45) is 1.53. The Bertz CT molecular complexity index is 758. The summed E-state index contributed by atoms with van der Waals surface area (Å²) in [5.74, 6) is -0.541.